The number of aliphatic hydroxyl groups is 1. The van der Waals surface area contributed by atoms with E-state index < -0.39 is 0 Å². The highest BCUT2D eigenvalue weighted by molar-refractivity contribution is 7.99. The molecule has 1 saturated carbocycles. The average Bonchev–Trinajstić information content (AvgIpc) is 3.03. The lowest BCUT2D eigenvalue weighted by Gasteiger charge is -2.16. The van der Waals surface area contributed by atoms with E-state index in [1.165, 1.54) is 17.7 Å². The number of aliphatic hydroxyl groups excluding tert-OH is 1. The van der Waals surface area contributed by atoms with Crippen molar-refractivity contribution in [3.05, 3.63) is 22.4 Å². The summed E-state index contributed by atoms with van der Waals surface area (Å²) in [6.45, 7) is 1.40. The van der Waals surface area contributed by atoms with Gasteiger partial charge in [-0.2, -0.15) is 11.8 Å². The van der Waals surface area contributed by atoms with Gasteiger partial charge < -0.3 is 10.4 Å². The molecule has 1 atom stereocenters. The number of thiophene rings is 1. The van der Waals surface area contributed by atoms with Crippen LogP contribution in [0.4, 0.5) is 0 Å². The minimum atomic E-state index is 0.320. The van der Waals surface area contributed by atoms with Gasteiger partial charge in [0.1, 0.15) is 0 Å². The number of hydrogen-bond acceptors (Lipinski definition) is 4. The normalized spacial score (nSPS) is 17.2. The van der Waals surface area contributed by atoms with Gasteiger partial charge in [0.2, 0.25) is 0 Å². The Bertz CT molecular complexity index is 298. The molecule has 0 amide bonds. The Hall–Kier alpha value is -0.0300. The summed E-state index contributed by atoms with van der Waals surface area (Å²) in [4.78, 5) is 1.49. The third-order valence-corrected chi connectivity index (χ3v) is 5.03. The maximum Gasteiger partial charge on any atom is 0.0443 e. The van der Waals surface area contributed by atoms with Crippen molar-refractivity contribution in [1.29, 1.82) is 0 Å². The molecule has 96 valence electrons. The molecule has 17 heavy (non-hydrogen) atoms. The molecule has 2 rings (SSSR count). The highest BCUT2D eigenvalue weighted by Crippen LogP contribution is 2.42. The van der Waals surface area contributed by atoms with Crippen molar-refractivity contribution in [3.8, 4) is 0 Å². The smallest absolute Gasteiger partial charge is 0.0443 e. The van der Waals surface area contributed by atoms with Crippen LogP contribution in [0.15, 0.2) is 17.5 Å². The molecule has 1 aromatic heterocycles. The Kier molecular flexibility index (Phi) is 5.85. The Balaban J connectivity index is 1.65. The average molecular weight is 271 g/mol. The Labute approximate surface area is 112 Å². The van der Waals surface area contributed by atoms with Crippen LogP contribution < -0.4 is 5.32 Å². The van der Waals surface area contributed by atoms with E-state index in [2.05, 4.69) is 22.8 Å². The van der Waals surface area contributed by atoms with Crippen LogP contribution in [0.25, 0.3) is 0 Å². The fourth-order valence-electron chi connectivity index (χ4n) is 1.95. The van der Waals surface area contributed by atoms with E-state index in [-0.39, 0.29) is 0 Å². The Morgan fingerprint density at radius 2 is 2.35 bits per heavy atom. The first-order valence-electron chi connectivity index (χ1n) is 6.37. The molecule has 4 heteroatoms. The van der Waals surface area contributed by atoms with Crippen molar-refractivity contribution in [2.45, 2.75) is 25.3 Å². The number of thioether (sulfide) groups is 1. The summed E-state index contributed by atoms with van der Waals surface area (Å²) >= 11 is 3.80. The van der Waals surface area contributed by atoms with Crippen LogP contribution in [-0.4, -0.2) is 29.8 Å². The van der Waals surface area contributed by atoms with Gasteiger partial charge in [-0.05, 0) is 42.4 Å². The molecular formula is C13H21NOS2. The van der Waals surface area contributed by atoms with E-state index in [1.807, 2.05) is 23.1 Å². The predicted octanol–water partition coefficient (Wildman–Crippen LogP) is 2.90. The van der Waals surface area contributed by atoms with Gasteiger partial charge in [-0.25, -0.2) is 0 Å². The zero-order valence-corrected chi connectivity index (χ0v) is 11.7. The summed E-state index contributed by atoms with van der Waals surface area (Å²) in [5.41, 5.74) is 0. The van der Waals surface area contributed by atoms with E-state index in [9.17, 15) is 0 Å². The molecule has 1 heterocycles. The van der Waals surface area contributed by atoms with Crippen molar-refractivity contribution >= 4 is 23.1 Å². The molecule has 2 N–H and O–H groups in total. The van der Waals surface area contributed by atoms with Crippen molar-refractivity contribution in [3.63, 3.8) is 0 Å². The molecule has 0 aromatic carbocycles. The van der Waals surface area contributed by atoms with Gasteiger partial charge in [0, 0.05) is 29.8 Å². The molecule has 2 nitrogen and oxygen atoms in total. The van der Waals surface area contributed by atoms with Gasteiger partial charge >= 0.3 is 0 Å². The molecule has 0 radical (unpaired) electrons. The summed E-state index contributed by atoms with van der Waals surface area (Å²) in [5.74, 6) is 3.09. The first-order chi connectivity index (χ1) is 8.42. The highest BCUT2D eigenvalue weighted by atomic mass is 32.2. The molecule has 1 aromatic rings. The van der Waals surface area contributed by atoms with Crippen LogP contribution in [0.3, 0.4) is 0 Å². The maximum atomic E-state index is 8.69. The van der Waals surface area contributed by atoms with Gasteiger partial charge in [0.25, 0.3) is 0 Å². The van der Waals surface area contributed by atoms with Crippen molar-refractivity contribution < 1.29 is 5.11 Å². The molecule has 1 aliphatic carbocycles. The maximum absolute atomic E-state index is 8.69. The first kappa shape index (κ1) is 13.4. The fraction of sp³-hybridized carbons (Fsp3) is 0.692. The van der Waals surface area contributed by atoms with E-state index in [1.54, 1.807) is 0 Å². The zero-order valence-electron chi connectivity index (χ0n) is 10.1. The SMILES string of the molecule is OCCCSCCNC(c1cccs1)C1CC1. The number of nitrogens with one attached hydrogen (secondary N) is 1. The quantitative estimate of drug-likeness (QED) is 0.677. The standard InChI is InChI=1S/C13H21NOS2/c15-7-2-8-16-10-6-14-13(11-4-5-11)12-3-1-9-17-12/h1,3,9,11,13-15H,2,4-8,10H2. The summed E-state index contributed by atoms with van der Waals surface area (Å²) in [7, 11) is 0. The number of rotatable bonds is 9. The fourth-order valence-corrected chi connectivity index (χ4v) is 3.65. The van der Waals surface area contributed by atoms with E-state index >= 15 is 0 Å². The van der Waals surface area contributed by atoms with Gasteiger partial charge in [-0.15, -0.1) is 11.3 Å². The summed E-state index contributed by atoms with van der Waals surface area (Å²) in [5, 5.41) is 14.5. The molecule has 0 bridgehead atoms. The summed E-state index contributed by atoms with van der Waals surface area (Å²) < 4.78 is 0. The number of hydrogen-bond donors (Lipinski definition) is 2. The Morgan fingerprint density at radius 3 is 3.00 bits per heavy atom. The predicted molar refractivity (Wildman–Crippen MR) is 76.8 cm³/mol. The molecule has 0 spiro atoms. The van der Waals surface area contributed by atoms with Crippen LogP contribution in [0.2, 0.25) is 0 Å². The summed E-state index contributed by atoms with van der Waals surface area (Å²) in [6.07, 6.45) is 3.68. The summed E-state index contributed by atoms with van der Waals surface area (Å²) in [6, 6.07) is 4.99. The second-order valence-corrected chi connectivity index (χ2v) is 6.68. The van der Waals surface area contributed by atoms with Crippen LogP contribution in [0, 0.1) is 5.92 Å². The molecule has 1 fully saturated rings. The van der Waals surface area contributed by atoms with E-state index in [0.29, 0.717) is 12.6 Å². The third-order valence-electron chi connectivity index (χ3n) is 3.00. The lowest BCUT2D eigenvalue weighted by Crippen LogP contribution is -2.24. The topological polar surface area (TPSA) is 32.3 Å². The van der Waals surface area contributed by atoms with Gasteiger partial charge in [-0.3, -0.25) is 0 Å². The zero-order chi connectivity index (χ0) is 11.9. The molecule has 0 saturated heterocycles. The molecule has 0 aliphatic heterocycles. The first-order valence-corrected chi connectivity index (χ1v) is 8.40. The Morgan fingerprint density at radius 1 is 1.47 bits per heavy atom. The highest BCUT2D eigenvalue weighted by Gasteiger charge is 2.32. The monoisotopic (exact) mass is 271 g/mol. The lowest BCUT2D eigenvalue weighted by molar-refractivity contribution is 0.296. The largest absolute Gasteiger partial charge is 0.396 e. The van der Waals surface area contributed by atoms with E-state index in [0.717, 1.165) is 30.4 Å². The van der Waals surface area contributed by atoms with Crippen molar-refractivity contribution in [2.75, 3.05) is 24.7 Å². The van der Waals surface area contributed by atoms with Crippen molar-refractivity contribution in [2.24, 2.45) is 5.92 Å². The third kappa shape index (κ3) is 4.62. The molecule has 1 aliphatic rings. The van der Waals surface area contributed by atoms with Gasteiger partial charge in [0.05, 0.1) is 0 Å². The van der Waals surface area contributed by atoms with Crippen molar-refractivity contribution in [1.82, 2.24) is 5.32 Å². The second kappa shape index (κ2) is 7.41. The van der Waals surface area contributed by atoms with Gasteiger partial charge in [0.15, 0.2) is 0 Å². The second-order valence-electron chi connectivity index (χ2n) is 4.47. The van der Waals surface area contributed by atoms with Crippen LogP contribution >= 0.6 is 23.1 Å². The van der Waals surface area contributed by atoms with Gasteiger partial charge in [-0.1, -0.05) is 6.07 Å². The molecular weight excluding hydrogens is 250 g/mol. The molecule has 1 unspecified atom stereocenters. The van der Waals surface area contributed by atoms with E-state index in [4.69, 9.17) is 5.11 Å². The van der Waals surface area contributed by atoms with Crippen LogP contribution in [0.5, 0.6) is 0 Å². The lowest BCUT2D eigenvalue weighted by atomic mass is 10.1. The minimum Gasteiger partial charge on any atom is -0.396 e. The van der Waals surface area contributed by atoms with Crippen LogP contribution in [-0.2, 0) is 0 Å². The minimum absolute atomic E-state index is 0.320. The van der Waals surface area contributed by atoms with Crippen LogP contribution in [0.1, 0.15) is 30.2 Å².